The van der Waals surface area contributed by atoms with Crippen molar-refractivity contribution in [3.05, 3.63) is 50.9 Å². The monoisotopic (exact) mass is 395 g/mol. The molecule has 0 fully saturated rings. The van der Waals surface area contributed by atoms with Gasteiger partial charge in [-0.3, -0.25) is 0 Å². The minimum absolute atomic E-state index is 0.0195. The molecule has 0 spiro atoms. The molecule has 0 aliphatic heterocycles. The van der Waals surface area contributed by atoms with Crippen molar-refractivity contribution in [2.24, 2.45) is 5.14 Å². The molecule has 0 amide bonds. The van der Waals surface area contributed by atoms with E-state index in [9.17, 15) is 8.42 Å². The molecule has 106 valence electrons. The molecule has 4 nitrogen and oxygen atoms in total. The molecule has 0 unspecified atom stereocenters. The molecule has 0 bridgehead atoms. The summed E-state index contributed by atoms with van der Waals surface area (Å²) in [5.41, 5.74) is 0. The molecule has 0 aromatic heterocycles. The van der Waals surface area contributed by atoms with Gasteiger partial charge in [-0.15, -0.1) is 0 Å². The lowest BCUT2D eigenvalue weighted by Gasteiger charge is -2.10. The van der Waals surface area contributed by atoms with Crippen LogP contribution in [0.5, 0.6) is 11.5 Å². The first kappa shape index (κ1) is 15.6. The minimum atomic E-state index is -3.76. The summed E-state index contributed by atoms with van der Waals surface area (Å²) in [5, 5.41) is 5.90. The van der Waals surface area contributed by atoms with Crippen LogP contribution < -0.4 is 9.88 Å². The Morgan fingerprint density at radius 3 is 2.35 bits per heavy atom. The first-order valence-corrected chi connectivity index (χ1v) is 8.32. The first-order chi connectivity index (χ1) is 9.27. The van der Waals surface area contributed by atoms with E-state index >= 15 is 0 Å². The van der Waals surface area contributed by atoms with Gasteiger partial charge in [0.05, 0.1) is 14.4 Å². The van der Waals surface area contributed by atoms with E-state index in [1.165, 1.54) is 18.2 Å². The number of hydrogen-bond acceptors (Lipinski definition) is 3. The maximum absolute atomic E-state index is 11.2. The van der Waals surface area contributed by atoms with E-state index in [0.717, 1.165) is 0 Å². The fourth-order valence-corrected chi connectivity index (χ4v) is 2.88. The highest BCUT2D eigenvalue weighted by Gasteiger charge is 2.12. The maximum Gasteiger partial charge on any atom is 0.238 e. The number of ether oxygens (including phenoxy) is 1. The second-order valence-electron chi connectivity index (χ2n) is 3.81. The van der Waals surface area contributed by atoms with E-state index in [1.807, 2.05) is 0 Å². The summed E-state index contributed by atoms with van der Waals surface area (Å²) in [6.07, 6.45) is 0. The molecule has 0 saturated heterocycles. The van der Waals surface area contributed by atoms with Crippen LogP contribution in [0.4, 0.5) is 0 Å². The Bertz CT molecular complexity index is 765. The predicted molar refractivity (Wildman–Crippen MR) is 82.1 cm³/mol. The van der Waals surface area contributed by atoms with Crippen molar-refractivity contribution >= 4 is 49.2 Å². The fourth-order valence-electron chi connectivity index (χ4n) is 1.42. The van der Waals surface area contributed by atoms with Crippen LogP contribution in [0.3, 0.4) is 0 Å². The fraction of sp³-hybridized carbons (Fsp3) is 0. The quantitative estimate of drug-likeness (QED) is 0.845. The van der Waals surface area contributed by atoms with Crippen molar-refractivity contribution in [3.8, 4) is 11.5 Å². The zero-order valence-electron chi connectivity index (χ0n) is 9.81. The lowest BCUT2D eigenvalue weighted by molar-refractivity contribution is 0.479. The van der Waals surface area contributed by atoms with Gasteiger partial charge in [-0.05, 0) is 46.3 Å². The molecule has 2 rings (SSSR count). The van der Waals surface area contributed by atoms with Crippen LogP contribution in [0.2, 0.25) is 10.0 Å². The molecule has 0 heterocycles. The third-order valence-electron chi connectivity index (χ3n) is 2.35. The Balaban J connectivity index is 2.38. The molecule has 0 saturated carbocycles. The van der Waals surface area contributed by atoms with Crippen LogP contribution in [-0.4, -0.2) is 8.42 Å². The third kappa shape index (κ3) is 3.65. The molecule has 0 atom stereocenters. The zero-order chi connectivity index (χ0) is 14.9. The van der Waals surface area contributed by atoms with Gasteiger partial charge in [-0.25, -0.2) is 13.6 Å². The average molecular weight is 397 g/mol. The summed E-state index contributed by atoms with van der Waals surface area (Å²) in [5.74, 6) is 0.754. The van der Waals surface area contributed by atoms with Gasteiger partial charge in [-0.2, -0.15) is 0 Å². The Morgan fingerprint density at radius 2 is 1.75 bits per heavy atom. The topological polar surface area (TPSA) is 69.4 Å². The van der Waals surface area contributed by atoms with E-state index in [4.69, 9.17) is 33.1 Å². The summed E-state index contributed by atoms with van der Waals surface area (Å²) in [7, 11) is -3.76. The molecular weight excluding hydrogens is 389 g/mol. The molecule has 2 aromatic carbocycles. The van der Waals surface area contributed by atoms with E-state index < -0.39 is 10.0 Å². The molecule has 0 radical (unpaired) electrons. The number of rotatable bonds is 3. The summed E-state index contributed by atoms with van der Waals surface area (Å²) in [4.78, 5) is -0.0195. The maximum atomic E-state index is 11.2. The largest absolute Gasteiger partial charge is 0.455 e. The lowest BCUT2D eigenvalue weighted by atomic mass is 10.3. The van der Waals surface area contributed by atoms with Crippen LogP contribution in [0.25, 0.3) is 0 Å². The van der Waals surface area contributed by atoms with E-state index in [0.29, 0.717) is 26.0 Å². The summed E-state index contributed by atoms with van der Waals surface area (Å²) in [6, 6.07) is 8.96. The second kappa shape index (κ2) is 5.91. The number of halogens is 3. The van der Waals surface area contributed by atoms with Gasteiger partial charge in [0.2, 0.25) is 10.0 Å². The van der Waals surface area contributed by atoms with Crippen LogP contribution in [-0.2, 0) is 10.0 Å². The summed E-state index contributed by atoms with van der Waals surface area (Å²) in [6.45, 7) is 0. The van der Waals surface area contributed by atoms with Crippen LogP contribution >= 0.6 is 39.1 Å². The first-order valence-electron chi connectivity index (χ1n) is 5.22. The number of hydrogen-bond donors (Lipinski definition) is 1. The number of benzene rings is 2. The highest BCUT2D eigenvalue weighted by atomic mass is 79.9. The normalized spacial score (nSPS) is 11.4. The van der Waals surface area contributed by atoms with Crippen molar-refractivity contribution in [1.82, 2.24) is 0 Å². The van der Waals surface area contributed by atoms with Gasteiger partial charge in [0.1, 0.15) is 11.5 Å². The average Bonchev–Trinajstić information content (AvgIpc) is 2.35. The van der Waals surface area contributed by atoms with Gasteiger partial charge >= 0.3 is 0 Å². The van der Waals surface area contributed by atoms with Gasteiger partial charge in [0, 0.05) is 11.1 Å². The Labute approximate surface area is 134 Å². The third-order valence-corrected chi connectivity index (χ3v) is 4.42. The standard InChI is InChI=1S/C12H8BrCl2NO3S/c13-9-6-8(20(16,17)18)2-4-11(9)19-12-5-7(14)1-3-10(12)15/h1-6H,(H2,16,17,18). The number of nitrogens with two attached hydrogens (primary N) is 1. The predicted octanol–water partition coefficient (Wildman–Crippen LogP) is 4.20. The van der Waals surface area contributed by atoms with Crippen molar-refractivity contribution in [2.75, 3.05) is 0 Å². The van der Waals surface area contributed by atoms with Crippen LogP contribution in [0, 0.1) is 0 Å². The van der Waals surface area contributed by atoms with Gasteiger partial charge < -0.3 is 4.74 Å². The van der Waals surface area contributed by atoms with E-state index in [-0.39, 0.29) is 4.90 Å². The highest BCUT2D eigenvalue weighted by molar-refractivity contribution is 9.10. The van der Waals surface area contributed by atoms with Crippen LogP contribution in [0.15, 0.2) is 45.8 Å². The Morgan fingerprint density at radius 1 is 1.05 bits per heavy atom. The lowest BCUT2D eigenvalue weighted by Crippen LogP contribution is -2.11. The molecule has 20 heavy (non-hydrogen) atoms. The van der Waals surface area contributed by atoms with Gasteiger partial charge in [-0.1, -0.05) is 23.2 Å². The number of primary sulfonamides is 1. The number of sulfonamides is 1. The minimum Gasteiger partial charge on any atom is -0.455 e. The highest BCUT2D eigenvalue weighted by Crippen LogP contribution is 2.36. The Hall–Kier alpha value is -0.790. The van der Waals surface area contributed by atoms with Crippen LogP contribution in [0.1, 0.15) is 0 Å². The van der Waals surface area contributed by atoms with Crippen molar-refractivity contribution in [2.45, 2.75) is 4.90 Å². The van der Waals surface area contributed by atoms with Crippen molar-refractivity contribution < 1.29 is 13.2 Å². The molecule has 0 aliphatic carbocycles. The summed E-state index contributed by atoms with van der Waals surface area (Å²) >= 11 is 15.1. The molecule has 0 aliphatic rings. The summed E-state index contributed by atoms with van der Waals surface area (Å²) < 4.78 is 28.5. The van der Waals surface area contributed by atoms with Crippen molar-refractivity contribution in [3.63, 3.8) is 0 Å². The molecular formula is C12H8BrCl2NO3S. The molecule has 2 aromatic rings. The molecule has 2 N–H and O–H groups in total. The van der Waals surface area contributed by atoms with E-state index in [1.54, 1.807) is 18.2 Å². The molecule has 8 heteroatoms. The smallest absolute Gasteiger partial charge is 0.238 e. The SMILES string of the molecule is NS(=O)(=O)c1ccc(Oc2cc(Cl)ccc2Cl)c(Br)c1. The zero-order valence-corrected chi connectivity index (χ0v) is 13.7. The van der Waals surface area contributed by atoms with Gasteiger partial charge in [0.15, 0.2) is 0 Å². The Kier molecular flexibility index (Phi) is 4.61. The van der Waals surface area contributed by atoms with E-state index in [2.05, 4.69) is 15.9 Å². The van der Waals surface area contributed by atoms with Crippen molar-refractivity contribution in [1.29, 1.82) is 0 Å². The second-order valence-corrected chi connectivity index (χ2v) is 7.07. The van der Waals surface area contributed by atoms with Gasteiger partial charge in [0.25, 0.3) is 0 Å².